The molecule has 0 radical (unpaired) electrons. The molecule has 8 heteroatoms. The molecule has 2 heterocycles. The van der Waals surface area contributed by atoms with Gasteiger partial charge in [0.05, 0.1) is 12.3 Å². The van der Waals surface area contributed by atoms with Gasteiger partial charge in [-0.1, -0.05) is 42.1 Å². The van der Waals surface area contributed by atoms with Crippen LogP contribution in [0.4, 0.5) is 5.69 Å². The Hall–Kier alpha value is -3.13. The third-order valence-corrected chi connectivity index (χ3v) is 5.03. The zero-order chi connectivity index (χ0) is 20.4. The van der Waals surface area contributed by atoms with Gasteiger partial charge >= 0.3 is 0 Å². The highest BCUT2D eigenvalue weighted by Gasteiger charge is 2.34. The first-order valence-corrected chi connectivity index (χ1v) is 10.4. The Kier molecular flexibility index (Phi) is 5.35. The lowest BCUT2D eigenvalue weighted by Gasteiger charge is -2.30. The van der Waals surface area contributed by atoms with Crippen molar-refractivity contribution < 1.29 is 14.3 Å². The van der Waals surface area contributed by atoms with E-state index in [0.717, 1.165) is 11.1 Å². The molecule has 29 heavy (non-hydrogen) atoms. The van der Waals surface area contributed by atoms with Crippen molar-refractivity contribution in [2.75, 3.05) is 17.8 Å². The number of aromatic nitrogens is 3. The molecule has 0 N–H and O–H groups in total. The molecule has 1 aliphatic heterocycles. The summed E-state index contributed by atoms with van der Waals surface area (Å²) in [5, 5.41) is 8.99. The van der Waals surface area contributed by atoms with Gasteiger partial charge in [0.15, 0.2) is 5.69 Å². The number of hydrogen-bond acceptors (Lipinski definition) is 7. The summed E-state index contributed by atoms with van der Waals surface area (Å²) in [4.78, 5) is 18.9. The highest BCUT2D eigenvalue weighted by Crippen LogP contribution is 2.43. The van der Waals surface area contributed by atoms with Gasteiger partial charge < -0.3 is 9.47 Å². The zero-order valence-corrected chi connectivity index (χ0v) is 17.1. The van der Waals surface area contributed by atoms with Gasteiger partial charge in [-0.3, -0.25) is 9.69 Å². The Balaban J connectivity index is 1.93. The molecule has 0 bridgehead atoms. The number of carbonyl (C=O) groups excluding carboxylic acids is 1. The number of para-hydroxylation sites is 1. The van der Waals surface area contributed by atoms with Crippen LogP contribution in [-0.4, -0.2) is 34.0 Å². The molecular weight excluding hydrogens is 388 g/mol. The number of ether oxygens (including phenoxy) is 2. The quantitative estimate of drug-likeness (QED) is 0.601. The van der Waals surface area contributed by atoms with Crippen molar-refractivity contribution in [2.45, 2.75) is 25.2 Å². The predicted molar refractivity (Wildman–Crippen MR) is 111 cm³/mol. The van der Waals surface area contributed by atoms with E-state index in [1.54, 1.807) is 4.90 Å². The highest BCUT2D eigenvalue weighted by molar-refractivity contribution is 7.98. The second-order valence-electron chi connectivity index (χ2n) is 6.33. The second kappa shape index (κ2) is 8.08. The average Bonchev–Trinajstić information content (AvgIpc) is 2.88. The Morgan fingerprint density at radius 3 is 2.79 bits per heavy atom. The Morgan fingerprint density at radius 2 is 2.03 bits per heavy atom. The van der Waals surface area contributed by atoms with E-state index in [1.807, 2.05) is 61.7 Å². The van der Waals surface area contributed by atoms with Crippen molar-refractivity contribution in [2.24, 2.45) is 0 Å². The van der Waals surface area contributed by atoms with Crippen LogP contribution in [0.3, 0.4) is 0 Å². The van der Waals surface area contributed by atoms with E-state index in [1.165, 1.54) is 18.7 Å². The molecule has 148 valence electrons. The standard InChI is InChI=1S/C21H20N4O3S/c1-4-27-15-9-7-8-14(12-15)20-25(13(2)26)17-11-6-5-10-16(17)18-19(28-20)22-21(29-3)24-23-18/h5-12,20H,4H2,1-3H3/t20-/m1/s1. The van der Waals surface area contributed by atoms with Crippen LogP contribution in [-0.2, 0) is 4.79 Å². The molecule has 0 spiro atoms. The lowest BCUT2D eigenvalue weighted by atomic mass is 10.1. The molecule has 0 saturated heterocycles. The zero-order valence-electron chi connectivity index (χ0n) is 16.3. The molecule has 1 atom stereocenters. The van der Waals surface area contributed by atoms with Crippen LogP contribution in [0.5, 0.6) is 11.6 Å². The van der Waals surface area contributed by atoms with E-state index in [0.29, 0.717) is 34.8 Å². The van der Waals surface area contributed by atoms with E-state index >= 15 is 0 Å². The van der Waals surface area contributed by atoms with Gasteiger partial charge in [0, 0.05) is 18.1 Å². The molecule has 0 aliphatic carbocycles. The normalized spacial score (nSPS) is 15.0. The summed E-state index contributed by atoms with van der Waals surface area (Å²) in [6.07, 6.45) is 1.15. The molecule has 1 aromatic heterocycles. The molecule has 1 aliphatic rings. The van der Waals surface area contributed by atoms with E-state index in [2.05, 4.69) is 15.2 Å². The number of carbonyl (C=O) groups is 1. The molecule has 4 rings (SSSR count). The van der Waals surface area contributed by atoms with Crippen molar-refractivity contribution in [3.8, 4) is 22.9 Å². The lowest BCUT2D eigenvalue weighted by Crippen LogP contribution is -2.36. The summed E-state index contributed by atoms with van der Waals surface area (Å²) >= 11 is 1.38. The first kappa shape index (κ1) is 19.2. The number of benzene rings is 2. The monoisotopic (exact) mass is 408 g/mol. The summed E-state index contributed by atoms with van der Waals surface area (Å²) in [6.45, 7) is 3.99. The molecule has 0 saturated carbocycles. The maximum atomic E-state index is 12.7. The summed E-state index contributed by atoms with van der Waals surface area (Å²) in [5.41, 5.74) is 2.72. The number of hydrogen-bond donors (Lipinski definition) is 0. The number of rotatable bonds is 4. The summed E-state index contributed by atoms with van der Waals surface area (Å²) in [7, 11) is 0. The van der Waals surface area contributed by atoms with Gasteiger partial charge in [-0.05, 0) is 31.4 Å². The predicted octanol–water partition coefficient (Wildman–Crippen LogP) is 4.10. The van der Waals surface area contributed by atoms with Crippen LogP contribution in [0.15, 0.2) is 53.7 Å². The van der Waals surface area contributed by atoms with Crippen LogP contribution in [0.1, 0.15) is 25.6 Å². The minimum Gasteiger partial charge on any atom is -0.494 e. The summed E-state index contributed by atoms with van der Waals surface area (Å²) < 4.78 is 11.9. The molecule has 0 fully saturated rings. The van der Waals surface area contributed by atoms with Gasteiger partial charge in [0.2, 0.25) is 23.2 Å². The number of fused-ring (bicyclic) bond motifs is 3. The molecule has 7 nitrogen and oxygen atoms in total. The summed E-state index contributed by atoms with van der Waals surface area (Å²) in [6, 6.07) is 15.1. The van der Waals surface area contributed by atoms with Crippen LogP contribution >= 0.6 is 11.8 Å². The molecule has 0 unspecified atom stereocenters. The molecule has 2 aromatic carbocycles. The van der Waals surface area contributed by atoms with Gasteiger partial charge in [0.1, 0.15) is 5.75 Å². The van der Waals surface area contributed by atoms with Crippen LogP contribution in [0.2, 0.25) is 0 Å². The molecule has 3 aromatic rings. The van der Waals surface area contributed by atoms with Gasteiger partial charge in [0.25, 0.3) is 0 Å². The van der Waals surface area contributed by atoms with Crippen molar-refractivity contribution in [3.63, 3.8) is 0 Å². The summed E-state index contributed by atoms with van der Waals surface area (Å²) in [5.74, 6) is 0.892. The van der Waals surface area contributed by atoms with Crippen molar-refractivity contribution in [3.05, 3.63) is 54.1 Å². The highest BCUT2D eigenvalue weighted by atomic mass is 32.2. The van der Waals surface area contributed by atoms with Crippen LogP contribution in [0, 0.1) is 0 Å². The third-order valence-electron chi connectivity index (χ3n) is 4.49. The first-order chi connectivity index (χ1) is 14.1. The van der Waals surface area contributed by atoms with Gasteiger partial charge in [-0.2, -0.15) is 4.98 Å². The Bertz CT molecular complexity index is 1060. The third kappa shape index (κ3) is 3.63. The topological polar surface area (TPSA) is 77.4 Å². The Labute approximate surface area is 173 Å². The minimum absolute atomic E-state index is 0.157. The van der Waals surface area contributed by atoms with E-state index in [9.17, 15) is 4.79 Å². The second-order valence-corrected chi connectivity index (χ2v) is 7.11. The van der Waals surface area contributed by atoms with Gasteiger partial charge in [-0.25, -0.2) is 0 Å². The number of amides is 1. The maximum Gasteiger partial charge on any atom is 0.247 e. The minimum atomic E-state index is -0.721. The number of thioether (sulfide) groups is 1. The first-order valence-electron chi connectivity index (χ1n) is 9.19. The fourth-order valence-electron chi connectivity index (χ4n) is 3.28. The number of nitrogens with zero attached hydrogens (tertiary/aromatic N) is 4. The molecule has 1 amide bonds. The molecular formula is C21H20N4O3S. The fourth-order valence-corrected chi connectivity index (χ4v) is 3.58. The van der Waals surface area contributed by atoms with Crippen molar-refractivity contribution in [1.82, 2.24) is 15.2 Å². The van der Waals surface area contributed by atoms with E-state index < -0.39 is 6.23 Å². The smallest absolute Gasteiger partial charge is 0.247 e. The lowest BCUT2D eigenvalue weighted by molar-refractivity contribution is -0.118. The van der Waals surface area contributed by atoms with Crippen molar-refractivity contribution >= 4 is 23.4 Å². The largest absolute Gasteiger partial charge is 0.494 e. The number of anilines is 1. The van der Waals surface area contributed by atoms with E-state index in [-0.39, 0.29) is 5.91 Å². The van der Waals surface area contributed by atoms with E-state index in [4.69, 9.17) is 9.47 Å². The maximum absolute atomic E-state index is 12.7. The SMILES string of the molecule is CCOc1cccc([C@H]2Oc3nc(SC)nnc3-c3ccccc3N2C(C)=O)c1. The van der Waals surface area contributed by atoms with Crippen LogP contribution < -0.4 is 14.4 Å². The fraction of sp³-hybridized carbons (Fsp3) is 0.238. The average molecular weight is 408 g/mol. The van der Waals surface area contributed by atoms with Crippen LogP contribution in [0.25, 0.3) is 11.3 Å². The Morgan fingerprint density at radius 1 is 1.21 bits per heavy atom. The van der Waals surface area contributed by atoms with Gasteiger partial charge in [-0.15, -0.1) is 10.2 Å². The van der Waals surface area contributed by atoms with Crippen molar-refractivity contribution in [1.29, 1.82) is 0 Å².